The van der Waals surface area contributed by atoms with E-state index in [-0.39, 0.29) is 57.8 Å². The summed E-state index contributed by atoms with van der Waals surface area (Å²) >= 11 is 0. The Balaban J connectivity index is 3.07. The number of phenolic OH excluding ortho intramolecular Hbond substituents is 1. The van der Waals surface area contributed by atoms with E-state index in [1.807, 2.05) is 0 Å². The molecule has 0 aromatic heterocycles. The average molecular weight is 478 g/mol. The van der Waals surface area contributed by atoms with Crippen molar-refractivity contribution in [2.45, 2.75) is 33.5 Å². The number of carbonyl (C=O) groups is 2. The number of esters is 2. The quantitative estimate of drug-likeness (QED) is 0.506. The molecule has 10 nitrogen and oxygen atoms in total. The lowest BCUT2D eigenvalue weighted by Crippen LogP contribution is -2.14. The predicted octanol–water partition coefficient (Wildman–Crippen LogP) is 3.73. The molecule has 1 N–H and O–H groups in total. The summed E-state index contributed by atoms with van der Waals surface area (Å²) in [6.45, 7) is 4.42. The van der Waals surface area contributed by atoms with Gasteiger partial charge in [0.1, 0.15) is 6.61 Å². The first kappa shape index (κ1) is 26.4. The number of methoxy groups -OCH3 is 5. The smallest absolute Gasteiger partial charge is 0.339 e. The van der Waals surface area contributed by atoms with Gasteiger partial charge in [-0.2, -0.15) is 0 Å². The molecule has 34 heavy (non-hydrogen) atoms. The van der Waals surface area contributed by atoms with Crippen molar-refractivity contribution in [1.29, 1.82) is 0 Å². The zero-order valence-corrected chi connectivity index (χ0v) is 20.6. The fourth-order valence-corrected chi connectivity index (χ4v) is 3.44. The van der Waals surface area contributed by atoms with Gasteiger partial charge in [-0.05, 0) is 26.0 Å². The van der Waals surface area contributed by atoms with Crippen molar-refractivity contribution in [1.82, 2.24) is 0 Å². The van der Waals surface area contributed by atoms with Crippen LogP contribution in [-0.2, 0) is 20.9 Å². The van der Waals surface area contributed by atoms with E-state index < -0.39 is 18.0 Å². The van der Waals surface area contributed by atoms with E-state index in [0.717, 1.165) is 0 Å². The van der Waals surface area contributed by atoms with Gasteiger partial charge >= 0.3 is 11.9 Å². The molecule has 2 aromatic carbocycles. The van der Waals surface area contributed by atoms with E-state index in [9.17, 15) is 14.7 Å². The topological polar surface area (TPSA) is 119 Å². The monoisotopic (exact) mass is 478 g/mol. The second-order valence-electron chi connectivity index (χ2n) is 7.30. The van der Waals surface area contributed by atoms with Crippen LogP contribution in [0.15, 0.2) is 12.1 Å². The highest BCUT2D eigenvalue weighted by Gasteiger charge is 2.32. The van der Waals surface area contributed by atoms with Crippen molar-refractivity contribution in [2.75, 3.05) is 35.5 Å². The van der Waals surface area contributed by atoms with Crippen LogP contribution >= 0.6 is 0 Å². The molecule has 0 aliphatic heterocycles. The van der Waals surface area contributed by atoms with Crippen LogP contribution in [0.4, 0.5) is 0 Å². The Morgan fingerprint density at radius 3 is 1.85 bits per heavy atom. The third kappa shape index (κ3) is 5.22. The second kappa shape index (κ2) is 11.4. The fourth-order valence-electron chi connectivity index (χ4n) is 3.44. The van der Waals surface area contributed by atoms with Crippen LogP contribution in [0.2, 0.25) is 0 Å². The Kier molecular flexibility index (Phi) is 8.83. The molecule has 0 spiro atoms. The summed E-state index contributed by atoms with van der Waals surface area (Å²) in [4.78, 5) is 24.7. The molecule has 0 atom stereocenters. The van der Waals surface area contributed by atoms with Crippen LogP contribution in [-0.4, -0.2) is 58.7 Å². The molecule has 2 rings (SSSR count). The third-order valence-electron chi connectivity index (χ3n) is 4.80. The minimum absolute atomic E-state index is 0.00379. The van der Waals surface area contributed by atoms with Gasteiger partial charge in [0.05, 0.1) is 47.2 Å². The van der Waals surface area contributed by atoms with Crippen molar-refractivity contribution in [3.8, 4) is 45.6 Å². The summed E-state index contributed by atoms with van der Waals surface area (Å²) in [5.74, 6) is -0.942. The average Bonchev–Trinajstić information content (AvgIpc) is 2.80. The third-order valence-corrected chi connectivity index (χ3v) is 4.80. The lowest BCUT2D eigenvalue weighted by molar-refractivity contribution is -0.142. The first-order valence-corrected chi connectivity index (χ1v) is 10.3. The number of carbonyl (C=O) groups excluding carboxylic acids is 2. The van der Waals surface area contributed by atoms with Crippen molar-refractivity contribution in [3.63, 3.8) is 0 Å². The number of phenols is 1. The van der Waals surface area contributed by atoms with E-state index in [4.69, 9.17) is 33.2 Å². The standard InChI is InChI=1S/C24H30O10/c1-12(2)34-24(27)15-10-17(29-5)22(31-7)23(32-8)19(15)18-14(11-33-13(3)25)9-16(28-4)21(30-6)20(18)26/h9-10,12,26H,11H2,1-8H3. The van der Waals surface area contributed by atoms with E-state index in [1.54, 1.807) is 13.8 Å². The molecule has 0 unspecified atom stereocenters. The minimum Gasteiger partial charge on any atom is -0.504 e. The van der Waals surface area contributed by atoms with Gasteiger partial charge in [0.2, 0.25) is 11.5 Å². The molecule has 186 valence electrons. The van der Waals surface area contributed by atoms with Gasteiger partial charge in [-0.15, -0.1) is 0 Å². The van der Waals surface area contributed by atoms with Crippen molar-refractivity contribution >= 4 is 11.9 Å². The normalized spacial score (nSPS) is 10.5. The zero-order valence-electron chi connectivity index (χ0n) is 20.6. The summed E-state index contributed by atoms with van der Waals surface area (Å²) in [5, 5.41) is 11.3. The Bertz CT molecular complexity index is 1060. The van der Waals surface area contributed by atoms with Crippen LogP contribution in [0.25, 0.3) is 11.1 Å². The number of hydrogen-bond acceptors (Lipinski definition) is 10. The van der Waals surface area contributed by atoms with Gasteiger partial charge in [-0.3, -0.25) is 4.79 Å². The van der Waals surface area contributed by atoms with Gasteiger partial charge in [0, 0.05) is 23.6 Å². The molecular weight excluding hydrogens is 448 g/mol. The molecule has 0 amide bonds. The van der Waals surface area contributed by atoms with Gasteiger partial charge in [0.15, 0.2) is 23.0 Å². The first-order chi connectivity index (χ1) is 16.1. The van der Waals surface area contributed by atoms with Gasteiger partial charge in [-0.1, -0.05) is 0 Å². The molecule has 2 aromatic rings. The van der Waals surface area contributed by atoms with Crippen LogP contribution in [0.5, 0.6) is 34.5 Å². The summed E-state index contributed by atoms with van der Waals surface area (Å²) in [5.41, 5.74) is 0.572. The molecule has 0 bridgehead atoms. The van der Waals surface area contributed by atoms with Crippen LogP contribution < -0.4 is 23.7 Å². The van der Waals surface area contributed by atoms with Crippen molar-refractivity contribution in [2.24, 2.45) is 0 Å². The van der Waals surface area contributed by atoms with E-state index in [1.165, 1.54) is 54.6 Å². The summed E-state index contributed by atoms with van der Waals surface area (Å²) < 4.78 is 37.8. The van der Waals surface area contributed by atoms with Gasteiger partial charge < -0.3 is 38.3 Å². The highest BCUT2D eigenvalue weighted by molar-refractivity contribution is 6.03. The Morgan fingerprint density at radius 2 is 1.38 bits per heavy atom. The molecule has 0 aliphatic carbocycles. The number of aromatic hydroxyl groups is 1. The molecular formula is C24H30O10. The highest BCUT2D eigenvalue weighted by atomic mass is 16.5. The predicted molar refractivity (Wildman–Crippen MR) is 122 cm³/mol. The molecule has 10 heteroatoms. The maximum atomic E-state index is 13.2. The first-order valence-electron chi connectivity index (χ1n) is 10.3. The fraction of sp³-hybridized carbons (Fsp3) is 0.417. The zero-order chi connectivity index (χ0) is 25.6. The largest absolute Gasteiger partial charge is 0.504 e. The second-order valence-corrected chi connectivity index (χ2v) is 7.30. The highest BCUT2D eigenvalue weighted by Crippen LogP contribution is 2.54. The molecule has 0 saturated heterocycles. The van der Waals surface area contributed by atoms with E-state index in [2.05, 4.69) is 0 Å². The molecule has 0 heterocycles. The Labute approximate surface area is 198 Å². The van der Waals surface area contributed by atoms with Crippen LogP contribution in [0.1, 0.15) is 36.7 Å². The van der Waals surface area contributed by atoms with Gasteiger partial charge in [0.25, 0.3) is 0 Å². The molecule has 0 fully saturated rings. The molecule has 0 radical (unpaired) electrons. The summed E-state index contributed by atoms with van der Waals surface area (Å²) in [7, 11) is 6.95. The molecule has 0 aliphatic rings. The SMILES string of the molecule is COc1cc(COC(C)=O)c(-c2c(C(=O)OC(C)C)cc(OC)c(OC)c2OC)c(O)c1OC. The van der Waals surface area contributed by atoms with Crippen LogP contribution in [0.3, 0.4) is 0 Å². The van der Waals surface area contributed by atoms with Crippen LogP contribution in [0, 0.1) is 0 Å². The van der Waals surface area contributed by atoms with E-state index in [0.29, 0.717) is 5.56 Å². The summed E-state index contributed by atoms with van der Waals surface area (Å²) in [6.07, 6.45) is -0.432. The lowest BCUT2D eigenvalue weighted by Gasteiger charge is -2.23. The summed E-state index contributed by atoms with van der Waals surface area (Å²) in [6, 6.07) is 2.96. The maximum Gasteiger partial charge on any atom is 0.339 e. The Morgan fingerprint density at radius 1 is 0.824 bits per heavy atom. The van der Waals surface area contributed by atoms with Crippen molar-refractivity contribution < 1.29 is 47.9 Å². The lowest BCUT2D eigenvalue weighted by atomic mass is 9.92. The van der Waals surface area contributed by atoms with Crippen molar-refractivity contribution in [3.05, 3.63) is 23.3 Å². The number of hydrogen-bond donors (Lipinski definition) is 1. The Hall–Kier alpha value is -3.82. The van der Waals surface area contributed by atoms with E-state index >= 15 is 0 Å². The number of rotatable bonds is 10. The maximum absolute atomic E-state index is 13.2. The molecule has 0 saturated carbocycles. The van der Waals surface area contributed by atoms with Gasteiger partial charge in [-0.25, -0.2) is 4.79 Å². The number of ether oxygens (including phenoxy) is 7. The number of benzene rings is 2. The minimum atomic E-state index is -0.697.